The van der Waals surface area contributed by atoms with Crippen LogP contribution in [0.2, 0.25) is 0 Å². The van der Waals surface area contributed by atoms with Gasteiger partial charge in [-0.15, -0.1) is 0 Å². The Morgan fingerprint density at radius 1 is 0.950 bits per heavy atom. The minimum Gasteiger partial charge on any atom is -0.465 e. The lowest BCUT2D eigenvalue weighted by Crippen LogP contribution is -2.43. The molecular weight excluding hydrogens is 256 g/mol. The summed E-state index contributed by atoms with van der Waals surface area (Å²) in [7, 11) is 0. The van der Waals surface area contributed by atoms with Crippen LogP contribution >= 0.6 is 0 Å². The maximum atomic E-state index is 12.3. The summed E-state index contributed by atoms with van der Waals surface area (Å²) in [6, 6.07) is 9.44. The van der Waals surface area contributed by atoms with Crippen LogP contribution in [-0.2, 0) is 25.5 Å². The average Bonchev–Trinajstić information content (AvgIpc) is 2.46. The van der Waals surface area contributed by atoms with Gasteiger partial charge in [0, 0.05) is 0 Å². The second-order valence-corrected chi connectivity index (χ2v) is 4.54. The second-order valence-electron chi connectivity index (χ2n) is 4.54. The van der Waals surface area contributed by atoms with Crippen LogP contribution in [0.15, 0.2) is 30.3 Å². The first-order chi connectivity index (χ1) is 9.60. The van der Waals surface area contributed by atoms with Crippen LogP contribution < -0.4 is 0 Å². The molecule has 0 radical (unpaired) electrons. The fourth-order valence-electron chi connectivity index (χ4n) is 2.12. The monoisotopic (exact) mass is 278 g/mol. The predicted octanol–water partition coefficient (Wildman–Crippen LogP) is 2.75. The third-order valence-electron chi connectivity index (χ3n) is 3.28. The van der Waals surface area contributed by atoms with E-state index in [9.17, 15) is 9.59 Å². The van der Waals surface area contributed by atoms with Gasteiger partial charge in [-0.05, 0) is 32.3 Å². The van der Waals surface area contributed by atoms with Crippen molar-refractivity contribution in [2.45, 2.75) is 33.6 Å². The Balaban J connectivity index is 3.10. The number of rotatable bonds is 7. The van der Waals surface area contributed by atoms with Crippen LogP contribution in [0, 0.1) is 5.41 Å². The van der Waals surface area contributed by atoms with Crippen LogP contribution in [-0.4, -0.2) is 25.2 Å². The van der Waals surface area contributed by atoms with Gasteiger partial charge in [-0.3, -0.25) is 9.59 Å². The third-order valence-corrected chi connectivity index (χ3v) is 3.28. The van der Waals surface area contributed by atoms with Gasteiger partial charge >= 0.3 is 11.9 Å². The summed E-state index contributed by atoms with van der Waals surface area (Å²) in [5.74, 6) is -1.02. The van der Waals surface area contributed by atoms with Gasteiger partial charge in [-0.1, -0.05) is 37.3 Å². The smallest absolute Gasteiger partial charge is 0.323 e. The van der Waals surface area contributed by atoms with E-state index >= 15 is 0 Å². The van der Waals surface area contributed by atoms with E-state index in [0.29, 0.717) is 12.8 Å². The number of hydrogen-bond donors (Lipinski definition) is 0. The number of esters is 2. The molecule has 0 atom stereocenters. The van der Waals surface area contributed by atoms with Crippen molar-refractivity contribution in [3.05, 3.63) is 35.9 Å². The molecule has 110 valence electrons. The van der Waals surface area contributed by atoms with E-state index in [1.807, 2.05) is 30.3 Å². The van der Waals surface area contributed by atoms with Crippen LogP contribution in [0.4, 0.5) is 0 Å². The fourth-order valence-corrected chi connectivity index (χ4v) is 2.12. The molecule has 0 aliphatic heterocycles. The maximum absolute atomic E-state index is 12.3. The SMILES string of the molecule is CCOC(=O)C(CC)(Cc1ccccc1)C(=O)OCC. The van der Waals surface area contributed by atoms with E-state index in [1.165, 1.54) is 0 Å². The molecule has 1 aromatic carbocycles. The summed E-state index contributed by atoms with van der Waals surface area (Å²) in [6.07, 6.45) is 0.640. The normalized spacial score (nSPS) is 10.9. The Hall–Kier alpha value is -1.84. The molecule has 0 aromatic heterocycles. The Kier molecular flexibility index (Phi) is 6.22. The van der Waals surface area contributed by atoms with Gasteiger partial charge in [0.2, 0.25) is 0 Å². The lowest BCUT2D eigenvalue weighted by molar-refractivity contribution is -0.172. The highest BCUT2D eigenvalue weighted by molar-refractivity contribution is 6.00. The molecule has 0 aliphatic carbocycles. The minimum absolute atomic E-state index is 0.245. The first-order valence-corrected chi connectivity index (χ1v) is 6.99. The van der Waals surface area contributed by atoms with Gasteiger partial charge in [0.15, 0.2) is 5.41 Å². The van der Waals surface area contributed by atoms with Crippen molar-refractivity contribution in [3.63, 3.8) is 0 Å². The molecule has 0 saturated heterocycles. The summed E-state index contributed by atoms with van der Waals surface area (Å²) >= 11 is 0. The molecule has 1 aromatic rings. The van der Waals surface area contributed by atoms with Gasteiger partial charge in [-0.25, -0.2) is 0 Å². The van der Waals surface area contributed by atoms with Crippen LogP contribution in [0.1, 0.15) is 32.8 Å². The third kappa shape index (κ3) is 3.59. The summed E-state index contributed by atoms with van der Waals surface area (Å²) in [5.41, 5.74) is -0.344. The molecule has 20 heavy (non-hydrogen) atoms. The van der Waals surface area contributed by atoms with E-state index in [0.717, 1.165) is 5.56 Å². The molecule has 0 amide bonds. The summed E-state index contributed by atoms with van der Waals surface area (Å²) in [5, 5.41) is 0. The van der Waals surface area contributed by atoms with E-state index in [2.05, 4.69) is 0 Å². The Bertz CT molecular complexity index is 421. The van der Waals surface area contributed by atoms with Crippen LogP contribution in [0.3, 0.4) is 0 Å². The first-order valence-electron chi connectivity index (χ1n) is 6.99. The Labute approximate surface area is 120 Å². The van der Waals surface area contributed by atoms with Gasteiger partial charge in [0.05, 0.1) is 13.2 Å². The number of carbonyl (C=O) groups excluding carboxylic acids is 2. The summed E-state index contributed by atoms with van der Waals surface area (Å²) in [4.78, 5) is 24.6. The fraction of sp³-hybridized carbons (Fsp3) is 0.500. The van der Waals surface area contributed by atoms with Crippen LogP contribution in [0.5, 0.6) is 0 Å². The Morgan fingerprint density at radius 3 is 1.85 bits per heavy atom. The molecule has 0 fully saturated rings. The second kappa shape index (κ2) is 7.68. The van der Waals surface area contributed by atoms with Gasteiger partial charge in [0.25, 0.3) is 0 Å². The first kappa shape index (κ1) is 16.2. The van der Waals surface area contributed by atoms with Crippen molar-refractivity contribution in [2.24, 2.45) is 5.41 Å². The molecule has 0 N–H and O–H groups in total. The molecule has 0 heterocycles. The van der Waals surface area contributed by atoms with Crippen molar-refractivity contribution >= 4 is 11.9 Å². The van der Waals surface area contributed by atoms with E-state index < -0.39 is 17.4 Å². The lowest BCUT2D eigenvalue weighted by Gasteiger charge is -2.28. The standard InChI is InChI=1S/C16H22O4/c1-4-16(14(17)19-5-2,15(18)20-6-3)12-13-10-8-7-9-11-13/h7-11H,4-6,12H2,1-3H3. The van der Waals surface area contributed by atoms with Crippen molar-refractivity contribution in [3.8, 4) is 0 Å². The number of carbonyl (C=O) groups is 2. The van der Waals surface area contributed by atoms with Crippen molar-refractivity contribution in [2.75, 3.05) is 13.2 Å². The molecule has 1 rings (SSSR count). The zero-order valence-corrected chi connectivity index (χ0v) is 12.3. The zero-order valence-electron chi connectivity index (χ0n) is 12.3. The molecular formula is C16H22O4. The molecule has 0 saturated carbocycles. The Morgan fingerprint density at radius 2 is 1.45 bits per heavy atom. The average molecular weight is 278 g/mol. The lowest BCUT2D eigenvalue weighted by atomic mass is 9.79. The predicted molar refractivity (Wildman–Crippen MR) is 76.1 cm³/mol. The number of hydrogen-bond acceptors (Lipinski definition) is 4. The van der Waals surface area contributed by atoms with Crippen molar-refractivity contribution < 1.29 is 19.1 Å². The van der Waals surface area contributed by atoms with Gasteiger partial charge < -0.3 is 9.47 Å². The van der Waals surface area contributed by atoms with Gasteiger partial charge in [0.1, 0.15) is 0 Å². The largest absolute Gasteiger partial charge is 0.465 e. The highest BCUT2D eigenvalue weighted by atomic mass is 16.6. The molecule has 0 spiro atoms. The highest BCUT2D eigenvalue weighted by Gasteiger charge is 2.47. The molecule has 4 heteroatoms. The summed E-state index contributed by atoms with van der Waals surface area (Å²) in [6.45, 7) is 5.75. The number of benzene rings is 1. The van der Waals surface area contributed by atoms with Crippen LogP contribution in [0.25, 0.3) is 0 Å². The van der Waals surface area contributed by atoms with Crippen molar-refractivity contribution in [1.29, 1.82) is 0 Å². The van der Waals surface area contributed by atoms with E-state index in [1.54, 1.807) is 20.8 Å². The quantitative estimate of drug-likeness (QED) is 0.568. The van der Waals surface area contributed by atoms with E-state index in [4.69, 9.17) is 9.47 Å². The topological polar surface area (TPSA) is 52.6 Å². The zero-order chi connectivity index (χ0) is 15.0. The molecule has 0 bridgehead atoms. The molecule has 0 aliphatic rings. The van der Waals surface area contributed by atoms with E-state index in [-0.39, 0.29) is 13.2 Å². The molecule has 0 unspecified atom stereocenters. The minimum atomic E-state index is -1.26. The molecule has 4 nitrogen and oxygen atoms in total. The van der Waals surface area contributed by atoms with Crippen molar-refractivity contribution in [1.82, 2.24) is 0 Å². The van der Waals surface area contributed by atoms with Gasteiger partial charge in [-0.2, -0.15) is 0 Å². The maximum Gasteiger partial charge on any atom is 0.323 e. The summed E-state index contributed by atoms with van der Waals surface area (Å²) < 4.78 is 10.2. The number of ether oxygens (including phenoxy) is 2. The highest BCUT2D eigenvalue weighted by Crippen LogP contribution is 2.31.